The lowest BCUT2D eigenvalue weighted by atomic mass is 9.94. The second kappa shape index (κ2) is 9.34. The summed E-state index contributed by atoms with van der Waals surface area (Å²) in [6.45, 7) is 9.06. The summed E-state index contributed by atoms with van der Waals surface area (Å²) < 4.78 is 17.2. The molecule has 2 unspecified atom stereocenters. The monoisotopic (exact) mass is 334 g/mol. The summed E-state index contributed by atoms with van der Waals surface area (Å²) in [7, 11) is 0. The zero-order valence-corrected chi connectivity index (χ0v) is 14.3. The Hall–Kier alpha value is -1.18. The molecule has 4 bridgehead atoms. The molecule has 6 nitrogen and oxygen atoms in total. The van der Waals surface area contributed by atoms with Gasteiger partial charge in [-0.1, -0.05) is 0 Å². The molecule has 24 heavy (non-hydrogen) atoms. The maximum atomic E-state index is 8.58. The molecule has 0 radical (unpaired) electrons. The van der Waals surface area contributed by atoms with E-state index in [1.165, 1.54) is 0 Å². The van der Waals surface area contributed by atoms with Crippen LogP contribution in [0.1, 0.15) is 0 Å². The van der Waals surface area contributed by atoms with E-state index in [1.807, 2.05) is 0 Å². The van der Waals surface area contributed by atoms with E-state index in [1.54, 1.807) is 0 Å². The lowest BCUT2D eigenvalue weighted by molar-refractivity contribution is 0.0340. The van der Waals surface area contributed by atoms with Crippen molar-refractivity contribution >= 4 is 5.71 Å². The van der Waals surface area contributed by atoms with Crippen molar-refractivity contribution in [3.8, 4) is 0 Å². The second-order valence-electron chi connectivity index (χ2n) is 6.34. The molecule has 0 saturated carbocycles. The van der Waals surface area contributed by atoms with Crippen molar-refractivity contribution in [3.05, 3.63) is 29.7 Å². The van der Waals surface area contributed by atoms with Crippen LogP contribution < -0.4 is 0 Å². The summed E-state index contributed by atoms with van der Waals surface area (Å²) in [5.41, 5.74) is 2.84. The van der Waals surface area contributed by atoms with Crippen molar-refractivity contribution in [2.45, 2.75) is 0 Å². The van der Waals surface area contributed by atoms with Gasteiger partial charge in [-0.25, -0.2) is 0 Å². The Morgan fingerprint density at radius 3 is 1.58 bits per heavy atom. The van der Waals surface area contributed by atoms with Gasteiger partial charge in [0.25, 0.3) is 0 Å². The number of nitrogens with one attached hydrogen (secondary N) is 1. The highest BCUT2D eigenvalue weighted by atomic mass is 16.5. The molecule has 0 aromatic heterocycles. The molecule has 0 aromatic rings. The standard InChI is InChI=1S/C18H28N3O3/c19-18-16-2-1-3-17(18)15-21-5-9-22-8-4-20(14-16)6-10-23-12-13-24-11-7-21/h1-3,19H,4-15H2/q+1. The van der Waals surface area contributed by atoms with E-state index in [0.29, 0.717) is 32.1 Å². The van der Waals surface area contributed by atoms with Gasteiger partial charge in [-0.2, -0.15) is 0 Å². The first-order valence-electron chi connectivity index (χ1n) is 8.83. The maximum absolute atomic E-state index is 8.58. The van der Waals surface area contributed by atoms with Crippen molar-refractivity contribution in [2.24, 2.45) is 0 Å². The largest absolute Gasteiger partial charge is 0.379 e. The van der Waals surface area contributed by atoms with Crippen molar-refractivity contribution in [3.63, 3.8) is 0 Å². The van der Waals surface area contributed by atoms with E-state index in [0.717, 1.165) is 63.6 Å². The highest BCUT2D eigenvalue weighted by Crippen LogP contribution is 2.18. The van der Waals surface area contributed by atoms with Crippen LogP contribution in [0.25, 0.3) is 0 Å². The lowest BCUT2D eigenvalue weighted by Gasteiger charge is -2.26. The van der Waals surface area contributed by atoms with Gasteiger partial charge in [-0.3, -0.25) is 15.2 Å². The smallest absolute Gasteiger partial charge is 0.174 e. The van der Waals surface area contributed by atoms with Crippen LogP contribution in [0.2, 0.25) is 0 Å². The van der Waals surface area contributed by atoms with E-state index in [4.69, 9.17) is 19.6 Å². The van der Waals surface area contributed by atoms with Crippen LogP contribution in [0.4, 0.5) is 0 Å². The first-order valence-corrected chi connectivity index (χ1v) is 8.83. The minimum Gasteiger partial charge on any atom is -0.379 e. The van der Waals surface area contributed by atoms with Crippen molar-refractivity contribution < 1.29 is 14.2 Å². The Balaban J connectivity index is 1.78. The van der Waals surface area contributed by atoms with Crippen LogP contribution in [-0.4, -0.2) is 94.4 Å². The van der Waals surface area contributed by atoms with Crippen LogP contribution in [-0.2, 0) is 14.2 Å². The average Bonchev–Trinajstić information content (AvgIpc) is 2.59. The van der Waals surface area contributed by atoms with Crippen LogP contribution in [0.3, 0.4) is 0 Å². The Morgan fingerprint density at radius 1 is 0.708 bits per heavy atom. The Bertz CT molecular complexity index is 446. The van der Waals surface area contributed by atoms with E-state index in [-0.39, 0.29) is 0 Å². The summed E-state index contributed by atoms with van der Waals surface area (Å²) in [6.07, 6.45) is 6.21. The number of ether oxygens (including phenoxy) is 3. The third kappa shape index (κ3) is 5.16. The molecule has 132 valence electrons. The van der Waals surface area contributed by atoms with Gasteiger partial charge >= 0.3 is 0 Å². The zero-order chi connectivity index (χ0) is 16.6. The highest BCUT2D eigenvalue weighted by molar-refractivity contribution is 6.12. The van der Waals surface area contributed by atoms with Gasteiger partial charge in [-0.05, 0) is 0 Å². The SMILES string of the molecule is N=C1C2=C[CH+]C=C1CN1CCOCCOCCN(CCOCC1)C2. The van der Waals surface area contributed by atoms with E-state index in [9.17, 15) is 0 Å². The minimum atomic E-state index is 0.641. The number of nitrogens with zero attached hydrogens (tertiary/aromatic N) is 2. The van der Waals surface area contributed by atoms with Crippen molar-refractivity contribution in [1.29, 1.82) is 5.41 Å². The first kappa shape index (κ1) is 17.6. The third-order valence-electron chi connectivity index (χ3n) is 4.60. The third-order valence-corrected chi connectivity index (χ3v) is 4.60. The lowest BCUT2D eigenvalue weighted by Crippen LogP contribution is -2.39. The highest BCUT2D eigenvalue weighted by Gasteiger charge is 2.27. The maximum Gasteiger partial charge on any atom is 0.174 e. The van der Waals surface area contributed by atoms with Crippen LogP contribution >= 0.6 is 0 Å². The Kier molecular flexibility index (Phi) is 6.86. The molecule has 6 heteroatoms. The molecule has 1 N–H and O–H groups in total. The molecule has 3 fully saturated rings. The molecule has 3 heterocycles. The molecule has 2 atom stereocenters. The molecule has 0 amide bonds. The fourth-order valence-corrected chi connectivity index (χ4v) is 3.14. The average molecular weight is 334 g/mol. The second-order valence-corrected chi connectivity index (χ2v) is 6.34. The van der Waals surface area contributed by atoms with Crippen LogP contribution in [0.5, 0.6) is 0 Å². The number of rotatable bonds is 0. The summed E-state index contributed by atoms with van der Waals surface area (Å²) in [5.74, 6) is 0. The zero-order valence-electron chi connectivity index (χ0n) is 14.3. The first-order chi connectivity index (χ1) is 11.8. The Morgan fingerprint density at radius 2 is 1.12 bits per heavy atom. The summed E-state index contributed by atoms with van der Waals surface area (Å²) in [6, 6.07) is 0. The fraction of sp³-hybridized carbons (Fsp3) is 0.667. The number of hydrogen-bond acceptors (Lipinski definition) is 6. The predicted molar refractivity (Wildman–Crippen MR) is 93.5 cm³/mol. The van der Waals surface area contributed by atoms with Crippen molar-refractivity contribution in [1.82, 2.24) is 9.80 Å². The molecule has 0 aromatic carbocycles. The van der Waals surface area contributed by atoms with E-state index in [2.05, 4.69) is 28.4 Å². The normalized spacial score (nSPS) is 30.6. The van der Waals surface area contributed by atoms with Gasteiger partial charge < -0.3 is 14.2 Å². The molecule has 3 aliphatic heterocycles. The number of hydrogen-bond donors (Lipinski definition) is 1. The van der Waals surface area contributed by atoms with Gasteiger partial charge in [0.05, 0.1) is 76.0 Å². The van der Waals surface area contributed by atoms with Crippen LogP contribution in [0, 0.1) is 11.8 Å². The molecule has 4 rings (SSSR count). The molecule has 3 saturated heterocycles. The van der Waals surface area contributed by atoms with Crippen LogP contribution in [0.15, 0.2) is 23.3 Å². The quantitative estimate of drug-likeness (QED) is 0.663. The number of fused-ring (bicyclic) bond motifs is 11. The summed E-state index contributed by atoms with van der Waals surface area (Å²) >= 11 is 0. The van der Waals surface area contributed by atoms with Gasteiger partial charge in [0.2, 0.25) is 0 Å². The van der Waals surface area contributed by atoms with Gasteiger partial charge in [0.15, 0.2) is 5.71 Å². The molecule has 1 aliphatic carbocycles. The van der Waals surface area contributed by atoms with E-state index < -0.39 is 0 Å². The molecule has 4 aliphatic rings. The molecule has 0 spiro atoms. The van der Waals surface area contributed by atoms with Gasteiger partial charge in [0.1, 0.15) is 0 Å². The predicted octanol–water partition coefficient (Wildman–Crippen LogP) is 0.758. The van der Waals surface area contributed by atoms with Gasteiger partial charge in [0, 0.05) is 32.6 Å². The molecular weight excluding hydrogens is 306 g/mol. The van der Waals surface area contributed by atoms with Gasteiger partial charge in [-0.15, -0.1) is 0 Å². The number of allylic oxidation sites excluding steroid dienone is 2. The van der Waals surface area contributed by atoms with E-state index >= 15 is 0 Å². The van der Waals surface area contributed by atoms with Crippen molar-refractivity contribution in [2.75, 3.05) is 78.9 Å². The molecular formula is C18H28N3O3+. The summed E-state index contributed by atoms with van der Waals surface area (Å²) in [4.78, 5) is 4.63. The topological polar surface area (TPSA) is 58.0 Å². The summed E-state index contributed by atoms with van der Waals surface area (Å²) in [5, 5.41) is 8.58. The minimum absolute atomic E-state index is 0.641. The fourth-order valence-electron chi connectivity index (χ4n) is 3.14. The Labute approximate surface area is 144 Å².